The van der Waals surface area contributed by atoms with Gasteiger partial charge in [0, 0.05) is 20.0 Å². The van der Waals surface area contributed by atoms with Gasteiger partial charge in [0.2, 0.25) is 11.8 Å². The highest BCUT2D eigenvalue weighted by Crippen LogP contribution is 2.30. The van der Waals surface area contributed by atoms with Gasteiger partial charge >= 0.3 is 0 Å². The molecule has 0 aliphatic heterocycles. The van der Waals surface area contributed by atoms with E-state index in [0.29, 0.717) is 18.9 Å². The lowest BCUT2D eigenvalue weighted by Crippen LogP contribution is -2.56. The van der Waals surface area contributed by atoms with Crippen molar-refractivity contribution < 1.29 is 9.59 Å². The lowest BCUT2D eigenvalue weighted by molar-refractivity contribution is -0.128. The largest absolute Gasteiger partial charge is 0.359 e. The SMILES string of the molecule is CNC(=O)CCNC(=O)C1(N)CCCC(C)C1. The number of hydrogen-bond donors (Lipinski definition) is 3. The molecule has 5 nitrogen and oxygen atoms in total. The zero-order valence-electron chi connectivity index (χ0n) is 10.7. The van der Waals surface area contributed by atoms with Gasteiger partial charge in [-0.2, -0.15) is 0 Å². The van der Waals surface area contributed by atoms with Gasteiger partial charge in [-0.25, -0.2) is 0 Å². The summed E-state index contributed by atoms with van der Waals surface area (Å²) < 4.78 is 0. The second-order valence-corrected chi connectivity index (χ2v) is 5.04. The van der Waals surface area contributed by atoms with Crippen LogP contribution in [0.1, 0.15) is 39.0 Å². The van der Waals surface area contributed by atoms with Crippen molar-refractivity contribution in [3.63, 3.8) is 0 Å². The minimum atomic E-state index is -0.736. The average Bonchev–Trinajstić information content (AvgIpc) is 2.28. The van der Waals surface area contributed by atoms with Crippen LogP contribution in [0.25, 0.3) is 0 Å². The first-order valence-corrected chi connectivity index (χ1v) is 6.25. The smallest absolute Gasteiger partial charge is 0.240 e. The lowest BCUT2D eigenvalue weighted by Gasteiger charge is -2.35. The summed E-state index contributed by atoms with van der Waals surface area (Å²) in [6, 6.07) is 0. The maximum Gasteiger partial charge on any atom is 0.240 e. The average molecular weight is 241 g/mol. The number of nitrogens with two attached hydrogens (primary N) is 1. The second kappa shape index (κ2) is 6.00. The van der Waals surface area contributed by atoms with Crippen LogP contribution in [0.5, 0.6) is 0 Å². The van der Waals surface area contributed by atoms with Crippen molar-refractivity contribution in [2.45, 2.75) is 44.6 Å². The maximum atomic E-state index is 12.0. The molecule has 0 bridgehead atoms. The Hall–Kier alpha value is -1.10. The Morgan fingerprint density at radius 1 is 1.47 bits per heavy atom. The summed E-state index contributed by atoms with van der Waals surface area (Å²) >= 11 is 0. The Labute approximate surface area is 103 Å². The van der Waals surface area contributed by atoms with Gasteiger partial charge in [0.15, 0.2) is 0 Å². The van der Waals surface area contributed by atoms with E-state index in [1.54, 1.807) is 7.05 Å². The molecule has 1 saturated carbocycles. The van der Waals surface area contributed by atoms with Gasteiger partial charge < -0.3 is 16.4 Å². The minimum absolute atomic E-state index is 0.0756. The molecule has 0 aromatic rings. The number of amides is 2. The van der Waals surface area contributed by atoms with Crippen LogP contribution in [-0.4, -0.2) is 30.9 Å². The first-order chi connectivity index (χ1) is 7.98. The molecular weight excluding hydrogens is 218 g/mol. The van der Waals surface area contributed by atoms with Crippen LogP contribution in [0.15, 0.2) is 0 Å². The van der Waals surface area contributed by atoms with Gasteiger partial charge in [-0.05, 0) is 18.8 Å². The number of rotatable bonds is 4. The van der Waals surface area contributed by atoms with Crippen molar-refractivity contribution in [3.8, 4) is 0 Å². The third-order valence-corrected chi connectivity index (χ3v) is 3.40. The molecule has 5 heteroatoms. The van der Waals surface area contributed by atoms with E-state index in [1.807, 2.05) is 0 Å². The van der Waals surface area contributed by atoms with Gasteiger partial charge in [-0.15, -0.1) is 0 Å². The van der Waals surface area contributed by atoms with Gasteiger partial charge in [-0.3, -0.25) is 9.59 Å². The van der Waals surface area contributed by atoms with Crippen LogP contribution in [0.4, 0.5) is 0 Å². The van der Waals surface area contributed by atoms with Crippen LogP contribution >= 0.6 is 0 Å². The van der Waals surface area contributed by atoms with E-state index in [4.69, 9.17) is 5.73 Å². The molecule has 0 spiro atoms. The van der Waals surface area contributed by atoms with Gasteiger partial charge in [0.05, 0.1) is 5.54 Å². The molecule has 1 fully saturated rings. The predicted octanol–water partition coefficient (Wildman–Crippen LogP) is 0.146. The van der Waals surface area contributed by atoms with Crippen LogP contribution in [0.2, 0.25) is 0 Å². The molecule has 98 valence electrons. The van der Waals surface area contributed by atoms with Crippen LogP contribution < -0.4 is 16.4 Å². The standard InChI is InChI=1S/C12H23N3O2/c1-9-4-3-6-12(13,8-9)11(17)15-7-5-10(16)14-2/h9H,3-8,13H2,1-2H3,(H,14,16)(H,15,17). The fourth-order valence-corrected chi connectivity index (χ4v) is 2.39. The molecule has 1 rings (SSSR count). The highest BCUT2D eigenvalue weighted by atomic mass is 16.2. The predicted molar refractivity (Wildman–Crippen MR) is 66.2 cm³/mol. The Morgan fingerprint density at radius 3 is 2.76 bits per heavy atom. The highest BCUT2D eigenvalue weighted by Gasteiger charge is 2.37. The topological polar surface area (TPSA) is 84.2 Å². The van der Waals surface area contributed by atoms with Crippen molar-refractivity contribution >= 4 is 11.8 Å². The molecular formula is C12H23N3O2. The Kier molecular flexibility index (Phi) is 4.93. The van der Waals surface area contributed by atoms with Crippen molar-refractivity contribution in [3.05, 3.63) is 0 Å². The number of carbonyl (C=O) groups is 2. The Bertz CT molecular complexity index is 293. The fraction of sp³-hybridized carbons (Fsp3) is 0.833. The molecule has 1 aliphatic rings. The fourth-order valence-electron chi connectivity index (χ4n) is 2.39. The van der Waals surface area contributed by atoms with Crippen molar-refractivity contribution in [1.29, 1.82) is 0 Å². The van der Waals surface area contributed by atoms with Crippen molar-refractivity contribution in [1.82, 2.24) is 10.6 Å². The van der Waals surface area contributed by atoms with E-state index in [-0.39, 0.29) is 11.8 Å². The summed E-state index contributed by atoms with van der Waals surface area (Å²) in [5, 5.41) is 5.27. The normalized spacial score (nSPS) is 28.5. The maximum absolute atomic E-state index is 12.0. The van der Waals surface area contributed by atoms with E-state index in [9.17, 15) is 9.59 Å². The lowest BCUT2D eigenvalue weighted by atomic mass is 9.76. The number of carbonyl (C=O) groups excluding carboxylic acids is 2. The first kappa shape index (κ1) is 14.0. The molecule has 4 N–H and O–H groups in total. The minimum Gasteiger partial charge on any atom is -0.359 e. The summed E-state index contributed by atoms with van der Waals surface area (Å²) in [6.45, 7) is 2.48. The third-order valence-electron chi connectivity index (χ3n) is 3.40. The summed E-state index contributed by atoms with van der Waals surface area (Å²) in [5.41, 5.74) is 5.39. The van der Waals surface area contributed by atoms with E-state index >= 15 is 0 Å². The third kappa shape index (κ3) is 4.00. The Morgan fingerprint density at radius 2 is 2.18 bits per heavy atom. The van der Waals surface area contributed by atoms with Crippen LogP contribution in [0, 0.1) is 5.92 Å². The zero-order chi connectivity index (χ0) is 12.9. The van der Waals surface area contributed by atoms with Gasteiger partial charge in [0.1, 0.15) is 0 Å². The van der Waals surface area contributed by atoms with Crippen molar-refractivity contribution in [2.24, 2.45) is 11.7 Å². The highest BCUT2D eigenvalue weighted by molar-refractivity contribution is 5.86. The zero-order valence-corrected chi connectivity index (χ0v) is 10.7. The molecule has 2 atom stereocenters. The summed E-state index contributed by atoms with van der Waals surface area (Å²) in [5.74, 6) is 0.305. The summed E-state index contributed by atoms with van der Waals surface area (Å²) in [7, 11) is 1.58. The molecule has 0 saturated heterocycles. The van der Waals surface area contributed by atoms with Gasteiger partial charge in [-0.1, -0.05) is 19.8 Å². The summed E-state index contributed by atoms with van der Waals surface area (Å²) in [4.78, 5) is 23.0. The van der Waals surface area contributed by atoms with Crippen molar-refractivity contribution in [2.75, 3.05) is 13.6 Å². The quantitative estimate of drug-likeness (QED) is 0.655. The molecule has 2 amide bonds. The molecule has 0 aromatic carbocycles. The van der Waals surface area contributed by atoms with Gasteiger partial charge in [0.25, 0.3) is 0 Å². The second-order valence-electron chi connectivity index (χ2n) is 5.04. The van der Waals surface area contributed by atoms with Crippen LogP contribution in [0.3, 0.4) is 0 Å². The number of hydrogen-bond acceptors (Lipinski definition) is 3. The van der Waals surface area contributed by atoms with E-state index in [0.717, 1.165) is 25.7 Å². The summed E-state index contributed by atoms with van der Waals surface area (Å²) in [6.07, 6.45) is 3.92. The van der Waals surface area contributed by atoms with E-state index in [1.165, 1.54) is 0 Å². The molecule has 0 aromatic heterocycles. The Balaban J connectivity index is 2.38. The molecule has 0 heterocycles. The van der Waals surface area contributed by atoms with E-state index in [2.05, 4.69) is 17.6 Å². The van der Waals surface area contributed by atoms with Crippen LogP contribution in [-0.2, 0) is 9.59 Å². The first-order valence-electron chi connectivity index (χ1n) is 6.25. The molecule has 1 aliphatic carbocycles. The molecule has 17 heavy (non-hydrogen) atoms. The number of nitrogens with one attached hydrogen (secondary N) is 2. The monoisotopic (exact) mass is 241 g/mol. The molecule has 2 unspecified atom stereocenters. The molecule has 0 radical (unpaired) electrons. The van der Waals surface area contributed by atoms with E-state index < -0.39 is 5.54 Å².